The molecule has 18 heavy (non-hydrogen) atoms. The SMILES string of the molecule is CN(C)CCN(C)S(=O)(=O)c1cc(Cl)ccc1N. The first-order chi connectivity index (χ1) is 8.25. The summed E-state index contributed by atoms with van der Waals surface area (Å²) in [6, 6.07) is 4.43. The van der Waals surface area contributed by atoms with Gasteiger partial charge in [0.2, 0.25) is 10.0 Å². The summed E-state index contributed by atoms with van der Waals surface area (Å²) in [5.74, 6) is 0. The predicted octanol–water partition coefficient (Wildman–Crippen LogP) is 1.10. The monoisotopic (exact) mass is 291 g/mol. The second kappa shape index (κ2) is 5.88. The molecule has 0 heterocycles. The Kier molecular flexibility index (Phi) is 4.98. The van der Waals surface area contributed by atoms with Crippen LogP contribution in [0.25, 0.3) is 0 Å². The number of benzene rings is 1. The minimum absolute atomic E-state index is 0.0521. The van der Waals surface area contributed by atoms with Gasteiger partial charge in [-0.2, -0.15) is 4.31 Å². The lowest BCUT2D eigenvalue weighted by atomic mass is 10.3. The van der Waals surface area contributed by atoms with E-state index in [4.69, 9.17) is 17.3 Å². The van der Waals surface area contributed by atoms with Crippen molar-refractivity contribution in [3.05, 3.63) is 23.2 Å². The van der Waals surface area contributed by atoms with Crippen LogP contribution < -0.4 is 5.73 Å². The number of hydrogen-bond acceptors (Lipinski definition) is 4. The van der Waals surface area contributed by atoms with Crippen molar-refractivity contribution >= 4 is 27.3 Å². The molecule has 0 aromatic heterocycles. The van der Waals surface area contributed by atoms with Gasteiger partial charge in [-0.25, -0.2) is 8.42 Å². The van der Waals surface area contributed by atoms with Crippen LogP contribution in [0.4, 0.5) is 5.69 Å². The van der Waals surface area contributed by atoms with Crippen LogP contribution >= 0.6 is 11.6 Å². The van der Waals surface area contributed by atoms with Crippen LogP contribution in [0.5, 0.6) is 0 Å². The fraction of sp³-hybridized carbons (Fsp3) is 0.455. The van der Waals surface area contributed by atoms with E-state index in [9.17, 15) is 8.42 Å². The first-order valence-corrected chi connectivity index (χ1v) is 7.23. The highest BCUT2D eigenvalue weighted by Gasteiger charge is 2.23. The van der Waals surface area contributed by atoms with Crippen molar-refractivity contribution in [3.63, 3.8) is 0 Å². The van der Waals surface area contributed by atoms with Gasteiger partial charge >= 0.3 is 0 Å². The van der Waals surface area contributed by atoms with Gasteiger partial charge in [0, 0.05) is 25.2 Å². The van der Waals surface area contributed by atoms with Gasteiger partial charge in [0.1, 0.15) is 4.90 Å². The van der Waals surface area contributed by atoms with E-state index in [0.717, 1.165) is 0 Å². The molecule has 102 valence electrons. The average Bonchev–Trinajstić information content (AvgIpc) is 2.28. The number of anilines is 1. The third-order valence-corrected chi connectivity index (χ3v) is 4.67. The molecule has 2 N–H and O–H groups in total. The van der Waals surface area contributed by atoms with E-state index >= 15 is 0 Å². The number of rotatable bonds is 5. The summed E-state index contributed by atoms with van der Waals surface area (Å²) in [5.41, 5.74) is 5.90. The van der Waals surface area contributed by atoms with E-state index < -0.39 is 10.0 Å². The van der Waals surface area contributed by atoms with E-state index in [0.29, 0.717) is 18.1 Å². The van der Waals surface area contributed by atoms with Crippen LogP contribution in [0.3, 0.4) is 0 Å². The van der Waals surface area contributed by atoms with Gasteiger partial charge in [-0.05, 0) is 32.3 Å². The molecular weight excluding hydrogens is 274 g/mol. The summed E-state index contributed by atoms with van der Waals surface area (Å²) in [6.45, 7) is 1.03. The molecule has 1 aromatic rings. The smallest absolute Gasteiger partial charge is 0.244 e. The van der Waals surface area contributed by atoms with Crippen LogP contribution in [0.1, 0.15) is 0 Å². The Morgan fingerprint density at radius 3 is 2.39 bits per heavy atom. The zero-order valence-corrected chi connectivity index (χ0v) is 12.3. The predicted molar refractivity (Wildman–Crippen MR) is 74.2 cm³/mol. The quantitative estimate of drug-likeness (QED) is 0.825. The van der Waals surface area contributed by atoms with Gasteiger partial charge in [-0.3, -0.25) is 0 Å². The first kappa shape index (κ1) is 15.2. The molecule has 1 rings (SSSR count). The van der Waals surface area contributed by atoms with Gasteiger partial charge in [-0.1, -0.05) is 11.6 Å². The Labute approximate surface area is 113 Å². The molecule has 0 aliphatic heterocycles. The number of nitrogens with two attached hydrogens (primary N) is 1. The zero-order valence-electron chi connectivity index (χ0n) is 10.7. The molecule has 0 amide bonds. The first-order valence-electron chi connectivity index (χ1n) is 5.41. The Morgan fingerprint density at radius 1 is 1.22 bits per heavy atom. The Bertz CT molecular complexity index is 517. The van der Waals surface area contributed by atoms with Crippen molar-refractivity contribution in [2.45, 2.75) is 4.90 Å². The van der Waals surface area contributed by atoms with Crippen LogP contribution in [0.15, 0.2) is 23.1 Å². The lowest BCUT2D eigenvalue weighted by Gasteiger charge is -2.20. The van der Waals surface area contributed by atoms with Crippen LogP contribution in [-0.2, 0) is 10.0 Å². The number of halogens is 1. The van der Waals surface area contributed by atoms with Crippen molar-refractivity contribution in [1.29, 1.82) is 0 Å². The second-order valence-electron chi connectivity index (χ2n) is 4.31. The average molecular weight is 292 g/mol. The minimum Gasteiger partial charge on any atom is -0.398 e. The molecule has 5 nitrogen and oxygen atoms in total. The van der Waals surface area contributed by atoms with Crippen LogP contribution in [-0.4, -0.2) is 51.9 Å². The van der Waals surface area contributed by atoms with Crippen molar-refractivity contribution in [1.82, 2.24) is 9.21 Å². The number of hydrogen-bond donors (Lipinski definition) is 1. The van der Waals surface area contributed by atoms with Crippen molar-refractivity contribution in [2.75, 3.05) is 40.0 Å². The summed E-state index contributed by atoms with van der Waals surface area (Å²) in [4.78, 5) is 1.96. The largest absolute Gasteiger partial charge is 0.398 e. The maximum Gasteiger partial charge on any atom is 0.244 e. The third kappa shape index (κ3) is 3.58. The standard InChI is InChI=1S/C11H18ClN3O2S/c1-14(2)6-7-15(3)18(16,17)11-8-9(12)4-5-10(11)13/h4-5,8H,6-7,13H2,1-3H3. The van der Waals surface area contributed by atoms with Crippen molar-refractivity contribution < 1.29 is 8.42 Å². The molecule has 0 saturated heterocycles. The topological polar surface area (TPSA) is 66.6 Å². The van der Waals surface area contributed by atoms with Gasteiger partial charge < -0.3 is 10.6 Å². The summed E-state index contributed by atoms with van der Waals surface area (Å²) < 4.78 is 25.8. The normalized spacial score (nSPS) is 12.3. The molecule has 0 aliphatic rings. The summed E-state index contributed by atoms with van der Waals surface area (Å²) in [5, 5.41) is 0.351. The lowest BCUT2D eigenvalue weighted by molar-refractivity contribution is 0.358. The lowest BCUT2D eigenvalue weighted by Crippen LogP contribution is -2.33. The summed E-state index contributed by atoms with van der Waals surface area (Å²) in [7, 11) is 1.70. The molecule has 0 fully saturated rings. The maximum absolute atomic E-state index is 12.3. The Balaban J connectivity index is 3.02. The van der Waals surface area contributed by atoms with Gasteiger partial charge in [0.05, 0.1) is 5.69 Å². The number of nitrogen functional groups attached to an aromatic ring is 1. The molecule has 1 aromatic carbocycles. The Hall–Kier alpha value is -0.820. The fourth-order valence-electron chi connectivity index (χ4n) is 1.36. The molecular formula is C11H18ClN3O2S. The van der Waals surface area contributed by atoms with Gasteiger partial charge in [0.25, 0.3) is 0 Å². The van der Waals surface area contributed by atoms with E-state index in [-0.39, 0.29) is 10.6 Å². The van der Waals surface area contributed by atoms with E-state index in [1.807, 2.05) is 19.0 Å². The molecule has 0 saturated carbocycles. The van der Waals surface area contributed by atoms with E-state index in [1.165, 1.54) is 23.5 Å². The number of likely N-dealkylation sites (N-methyl/N-ethyl adjacent to an activating group) is 2. The summed E-state index contributed by atoms with van der Waals surface area (Å²) >= 11 is 5.81. The van der Waals surface area contributed by atoms with Crippen molar-refractivity contribution in [3.8, 4) is 0 Å². The molecule has 0 radical (unpaired) electrons. The second-order valence-corrected chi connectivity index (χ2v) is 6.76. The molecule has 7 heteroatoms. The number of nitrogens with zero attached hydrogens (tertiary/aromatic N) is 2. The molecule has 0 aliphatic carbocycles. The van der Waals surface area contributed by atoms with Gasteiger partial charge in [0.15, 0.2) is 0 Å². The van der Waals surface area contributed by atoms with Gasteiger partial charge in [-0.15, -0.1) is 0 Å². The van der Waals surface area contributed by atoms with Crippen molar-refractivity contribution in [2.24, 2.45) is 0 Å². The zero-order chi connectivity index (χ0) is 13.9. The highest BCUT2D eigenvalue weighted by molar-refractivity contribution is 7.89. The highest BCUT2D eigenvalue weighted by atomic mass is 35.5. The van der Waals surface area contributed by atoms with Crippen LogP contribution in [0, 0.1) is 0 Å². The minimum atomic E-state index is -3.59. The summed E-state index contributed by atoms with van der Waals surface area (Å²) in [6.07, 6.45) is 0. The third-order valence-electron chi connectivity index (χ3n) is 2.53. The number of sulfonamides is 1. The molecule has 0 bridgehead atoms. The molecule has 0 spiro atoms. The fourth-order valence-corrected chi connectivity index (χ4v) is 2.90. The van der Waals surface area contributed by atoms with E-state index in [2.05, 4.69) is 0 Å². The highest BCUT2D eigenvalue weighted by Crippen LogP contribution is 2.24. The molecule has 0 unspecified atom stereocenters. The Morgan fingerprint density at radius 2 is 1.83 bits per heavy atom. The van der Waals surface area contributed by atoms with E-state index in [1.54, 1.807) is 6.07 Å². The molecule has 0 atom stereocenters. The maximum atomic E-state index is 12.3. The van der Waals surface area contributed by atoms with Crippen LogP contribution in [0.2, 0.25) is 5.02 Å².